The zero-order valence-corrected chi connectivity index (χ0v) is 23.2. The van der Waals surface area contributed by atoms with E-state index in [-0.39, 0.29) is 12.1 Å². The van der Waals surface area contributed by atoms with Gasteiger partial charge in [0.05, 0.1) is 29.5 Å². The minimum Gasteiger partial charge on any atom is -0.443 e. The average Bonchev–Trinajstić information content (AvgIpc) is 3.26. The summed E-state index contributed by atoms with van der Waals surface area (Å²) in [4.78, 5) is 31.0. The van der Waals surface area contributed by atoms with Crippen LogP contribution < -0.4 is 4.90 Å². The van der Waals surface area contributed by atoms with Gasteiger partial charge in [-0.2, -0.15) is 0 Å². The quantitative estimate of drug-likeness (QED) is 0.492. The number of para-hydroxylation sites is 1. The summed E-state index contributed by atoms with van der Waals surface area (Å²) in [5, 5.41) is 0. The van der Waals surface area contributed by atoms with Crippen molar-refractivity contribution >= 4 is 22.8 Å². The maximum Gasteiger partial charge on any atom is 0.420 e. The number of ether oxygens (including phenoxy) is 1. The summed E-state index contributed by atoms with van der Waals surface area (Å²) in [5.74, 6) is 1.34. The van der Waals surface area contributed by atoms with Crippen molar-refractivity contribution in [2.24, 2.45) is 5.92 Å². The Kier molecular flexibility index (Phi) is 6.64. The zero-order valence-electron chi connectivity index (χ0n) is 23.2. The van der Waals surface area contributed by atoms with Gasteiger partial charge in [-0.25, -0.2) is 14.3 Å². The van der Waals surface area contributed by atoms with Crippen LogP contribution in [-0.4, -0.2) is 75.8 Å². The molecule has 2 aliphatic heterocycles. The van der Waals surface area contributed by atoms with Crippen LogP contribution in [-0.2, 0) is 17.7 Å². The van der Waals surface area contributed by atoms with Gasteiger partial charge in [-0.1, -0.05) is 12.1 Å². The number of nitrogens with zero attached hydrogens (tertiary/aromatic N) is 6. The molecule has 8 heteroatoms. The molecule has 202 valence electrons. The van der Waals surface area contributed by atoms with Crippen molar-refractivity contribution in [3.63, 3.8) is 0 Å². The van der Waals surface area contributed by atoms with Gasteiger partial charge in [0.2, 0.25) is 0 Å². The molecule has 0 saturated carbocycles. The van der Waals surface area contributed by atoms with E-state index in [0.29, 0.717) is 12.5 Å². The Bertz CT molecular complexity index is 1320. The van der Waals surface area contributed by atoms with Crippen molar-refractivity contribution < 1.29 is 9.53 Å². The SMILES string of the molecule is CN1CCN(c2cccc3c2nc(CN2CCC[C@H]4CCc5cccnc5[C@H]42)n3C(=O)OC(C)(C)C)CC1. The molecule has 2 fully saturated rings. The van der Waals surface area contributed by atoms with Crippen molar-refractivity contribution in [2.75, 3.05) is 44.7 Å². The molecular formula is C30H40N6O2. The highest BCUT2D eigenvalue weighted by Gasteiger charge is 2.38. The minimum absolute atomic E-state index is 0.262. The topological polar surface area (TPSA) is 66.7 Å². The third kappa shape index (κ3) is 4.80. The van der Waals surface area contributed by atoms with Gasteiger partial charge in [0.25, 0.3) is 0 Å². The number of benzene rings is 1. The van der Waals surface area contributed by atoms with Crippen LogP contribution in [0.15, 0.2) is 36.5 Å². The lowest BCUT2D eigenvalue weighted by Gasteiger charge is -2.44. The van der Waals surface area contributed by atoms with Gasteiger partial charge in [-0.05, 0) is 89.7 Å². The maximum absolute atomic E-state index is 13.7. The molecule has 2 saturated heterocycles. The van der Waals surface area contributed by atoms with E-state index in [9.17, 15) is 4.79 Å². The number of aryl methyl sites for hydroxylation is 1. The molecule has 2 aromatic heterocycles. The molecule has 4 heterocycles. The van der Waals surface area contributed by atoms with Crippen molar-refractivity contribution in [1.82, 2.24) is 24.3 Å². The number of fused-ring (bicyclic) bond motifs is 4. The zero-order chi connectivity index (χ0) is 26.4. The Morgan fingerprint density at radius 2 is 1.87 bits per heavy atom. The predicted molar refractivity (Wildman–Crippen MR) is 150 cm³/mol. The van der Waals surface area contributed by atoms with Crippen LogP contribution in [0.2, 0.25) is 0 Å². The monoisotopic (exact) mass is 516 g/mol. The van der Waals surface area contributed by atoms with Gasteiger partial charge in [-0.3, -0.25) is 9.88 Å². The molecule has 1 aromatic carbocycles. The van der Waals surface area contributed by atoms with E-state index in [0.717, 1.165) is 68.1 Å². The van der Waals surface area contributed by atoms with Gasteiger partial charge < -0.3 is 14.5 Å². The fourth-order valence-electron chi connectivity index (χ4n) is 6.53. The third-order valence-electron chi connectivity index (χ3n) is 8.35. The van der Waals surface area contributed by atoms with Crippen LogP contribution in [0.5, 0.6) is 0 Å². The summed E-state index contributed by atoms with van der Waals surface area (Å²) >= 11 is 0. The summed E-state index contributed by atoms with van der Waals surface area (Å²) < 4.78 is 7.64. The minimum atomic E-state index is -0.595. The lowest BCUT2D eigenvalue weighted by molar-refractivity contribution is 0.0497. The van der Waals surface area contributed by atoms with Crippen molar-refractivity contribution in [1.29, 1.82) is 0 Å². The Labute approximate surface area is 225 Å². The number of aromatic nitrogens is 3. The van der Waals surface area contributed by atoms with Crippen LogP contribution in [0, 0.1) is 5.92 Å². The summed E-state index contributed by atoms with van der Waals surface area (Å²) in [6.45, 7) is 11.2. The number of hydrogen-bond donors (Lipinski definition) is 0. The van der Waals surface area contributed by atoms with Crippen molar-refractivity contribution in [2.45, 2.75) is 64.6 Å². The molecular weight excluding hydrogens is 476 g/mol. The first-order chi connectivity index (χ1) is 18.3. The lowest BCUT2D eigenvalue weighted by atomic mass is 9.77. The lowest BCUT2D eigenvalue weighted by Crippen LogP contribution is -2.44. The van der Waals surface area contributed by atoms with Crippen LogP contribution in [0.1, 0.15) is 63.2 Å². The second kappa shape index (κ2) is 9.97. The molecule has 1 aliphatic carbocycles. The van der Waals surface area contributed by atoms with Crippen LogP contribution >= 0.6 is 0 Å². The molecule has 6 rings (SSSR count). The normalized spacial score (nSPS) is 22.8. The largest absolute Gasteiger partial charge is 0.443 e. The number of likely N-dealkylation sites (tertiary alicyclic amines) is 1. The number of imidazole rings is 1. The van der Waals surface area contributed by atoms with Crippen LogP contribution in [0.25, 0.3) is 11.0 Å². The summed E-state index contributed by atoms with van der Waals surface area (Å²) in [5.41, 5.74) is 4.78. The van der Waals surface area contributed by atoms with Gasteiger partial charge >= 0.3 is 6.09 Å². The predicted octanol–water partition coefficient (Wildman–Crippen LogP) is 4.87. The van der Waals surface area contributed by atoms with Gasteiger partial charge in [0.1, 0.15) is 16.9 Å². The number of pyridine rings is 1. The second-order valence-electron chi connectivity index (χ2n) is 12.2. The number of piperidine rings is 1. The number of carbonyl (C=O) groups excluding carboxylic acids is 1. The molecule has 2 atom stereocenters. The Morgan fingerprint density at radius 3 is 2.66 bits per heavy atom. The van der Waals surface area contributed by atoms with E-state index in [1.54, 1.807) is 4.57 Å². The van der Waals surface area contributed by atoms with E-state index in [4.69, 9.17) is 14.7 Å². The average molecular weight is 517 g/mol. The number of hydrogen-bond acceptors (Lipinski definition) is 7. The molecule has 0 amide bonds. The molecule has 0 unspecified atom stereocenters. The van der Waals surface area contributed by atoms with Crippen molar-refractivity contribution in [3.05, 3.63) is 53.6 Å². The highest BCUT2D eigenvalue weighted by atomic mass is 16.6. The smallest absolute Gasteiger partial charge is 0.420 e. The summed E-state index contributed by atoms with van der Waals surface area (Å²) in [6, 6.07) is 10.7. The first-order valence-electron chi connectivity index (χ1n) is 14.1. The summed E-state index contributed by atoms with van der Waals surface area (Å²) in [6.07, 6.45) is 6.24. The van der Waals surface area contributed by atoms with E-state index < -0.39 is 5.60 Å². The first kappa shape index (κ1) is 25.3. The van der Waals surface area contributed by atoms with E-state index >= 15 is 0 Å². The van der Waals surface area contributed by atoms with Gasteiger partial charge in [-0.15, -0.1) is 0 Å². The molecule has 0 N–H and O–H groups in total. The van der Waals surface area contributed by atoms with Crippen molar-refractivity contribution in [3.8, 4) is 0 Å². The third-order valence-corrected chi connectivity index (χ3v) is 8.35. The van der Waals surface area contributed by atoms with Gasteiger partial charge in [0, 0.05) is 32.4 Å². The Morgan fingerprint density at radius 1 is 1.05 bits per heavy atom. The highest BCUT2D eigenvalue weighted by Crippen LogP contribution is 2.43. The molecule has 0 spiro atoms. The molecule has 38 heavy (non-hydrogen) atoms. The Hall–Kier alpha value is -2.97. The standard InChI is InChI=1S/C30H40N6O2/c1-30(2,3)38-29(37)36-24-11-5-10-23(34-18-16-33(4)17-19-34)27(24)32-25(36)20-35-15-7-9-22-13-12-21-8-6-14-31-26(21)28(22)35/h5-6,8,10-11,14,22,28H,7,9,12-13,15-20H2,1-4H3/t22-,28-/m0/s1. The van der Waals surface area contributed by atoms with Crippen LogP contribution in [0.3, 0.4) is 0 Å². The first-order valence-corrected chi connectivity index (χ1v) is 14.1. The number of carbonyl (C=O) groups is 1. The number of anilines is 1. The highest BCUT2D eigenvalue weighted by molar-refractivity contribution is 5.95. The fraction of sp³-hybridized carbons (Fsp3) is 0.567. The molecule has 8 nitrogen and oxygen atoms in total. The maximum atomic E-state index is 13.7. The number of likely N-dealkylation sites (N-methyl/N-ethyl adjacent to an activating group) is 1. The second-order valence-corrected chi connectivity index (χ2v) is 12.2. The molecule has 0 bridgehead atoms. The molecule has 0 radical (unpaired) electrons. The summed E-state index contributed by atoms with van der Waals surface area (Å²) in [7, 11) is 2.16. The fourth-order valence-corrected chi connectivity index (χ4v) is 6.53. The van der Waals surface area contributed by atoms with E-state index in [2.05, 4.69) is 33.9 Å². The van der Waals surface area contributed by atoms with Crippen LogP contribution in [0.4, 0.5) is 10.5 Å². The Balaban J connectivity index is 1.41. The van der Waals surface area contributed by atoms with E-state index in [1.807, 2.05) is 45.2 Å². The number of rotatable bonds is 3. The molecule has 3 aromatic rings. The number of piperazine rings is 1. The molecule has 3 aliphatic rings. The van der Waals surface area contributed by atoms with E-state index in [1.165, 1.54) is 24.1 Å². The van der Waals surface area contributed by atoms with Gasteiger partial charge in [0.15, 0.2) is 0 Å².